The molecular formula is C9H15NO3. The smallest absolute Gasteiger partial charge is 0.352 e. The molecule has 0 radical (unpaired) electrons. The van der Waals surface area contributed by atoms with Crippen molar-refractivity contribution in [2.24, 2.45) is 0 Å². The Kier molecular flexibility index (Phi) is 5.59. The Bertz CT molecular complexity index is 221. The van der Waals surface area contributed by atoms with Crippen LogP contribution in [0, 0.1) is 0 Å². The Morgan fingerprint density at radius 1 is 1.46 bits per heavy atom. The second-order valence-electron chi connectivity index (χ2n) is 2.66. The average molecular weight is 185 g/mol. The number of aliphatic carboxylic acids is 1. The number of hydrogen-bond donors (Lipinski definition) is 2. The summed E-state index contributed by atoms with van der Waals surface area (Å²) in [5.74, 6) is -1.34. The Labute approximate surface area is 77.6 Å². The van der Waals surface area contributed by atoms with Crippen molar-refractivity contribution in [2.75, 3.05) is 0 Å². The van der Waals surface area contributed by atoms with E-state index in [0.717, 1.165) is 12.8 Å². The minimum atomic E-state index is -1.10. The van der Waals surface area contributed by atoms with E-state index in [2.05, 4.69) is 5.32 Å². The van der Waals surface area contributed by atoms with Crippen molar-refractivity contribution in [1.29, 1.82) is 0 Å². The highest BCUT2D eigenvalue weighted by Gasteiger charge is 2.08. The second kappa shape index (κ2) is 6.22. The molecule has 0 bridgehead atoms. The summed E-state index contributed by atoms with van der Waals surface area (Å²) in [7, 11) is 0. The minimum absolute atomic E-state index is 0.0545. The van der Waals surface area contributed by atoms with Crippen LogP contribution in [0.5, 0.6) is 0 Å². The third kappa shape index (κ3) is 5.00. The molecule has 0 aliphatic carbocycles. The fourth-order valence-corrected chi connectivity index (χ4v) is 0.799. The Morgan fingerprint density at radius 2 is 2.08 bits per heavy atom. The molecular weight excluding hydrogens is 170 g/mol. The van der Waals surface area contributed by atoms with Gasteiger partial charge in [-0.1, -0.05) is 19.4 Å². The van der Waals surface area contributed by atoms with E-state index in [1.807, 2.05) is 6.92 Å². The fourth-order valence-electron chi connectivity index (χ4n) is 0.799. The summed E-state index contributed by atoms with van der Waals surface area (Å²) < 4.78 is 0. The molecule has 4 nitrogen and oxygen atoms in total. The first-order chi connectivity index (χ1) is 6.11. The zero-order valence-electron chi connectivity index (χ0n) is 7.96. The normalized spacial score (nSPS) is 11.1. The summed E-state index contributed by atoms with van der Waals surface area (Å²) in [6.45, 7) is 3.55. The van der Waals surface area contributed by atoms with Crippen LogP contribution in [0.25, 0.3) is 0 Å². The van der Waals surface area contributed by atoms with E-state index < -0.39 is 5.97 Å². The van der Waals surface area contributed by atoms with Gasteiger partial charge in [-0.2, -0.15) is 0 Å². The molecule has 0 atom stereocenters. The van der Waals surface area contributed by atoms with Crippen molar-refractivity contribution in [2.45, 2.75) is 33.1 Å². The summed E-state index contributed by atoms with van der Waals surface area (Å²) in [5, 5.41) is 10.9. The van der Waals surface area contributed by atoms with Crippen LogP contribution in [0.4, 0.5) is 0 Å². The van der Waals surface area contributed by atoms with E-state index in [1.165, 1.54) is 6.08 Å². The molecule has 74 valence electrons. The van der Waals surface area contributed by atoms with Gasteiger partial charge in [0, 0.05) is 6.42 Å². The van der Waals surface area contributed by atoms with Gasteiger partial charge in [-0.15, -0.1) is 0 Å². The lowest BCUT2D eigenvalue weighted by Gasteiger charge is -2.03. The maximum atomic E-state index is 11.1. The molecule has 0 saturated carbocycles. The first-order valence-corrected chi connectivity index (χ1v) is 4.31. The molecule has 0 rings (SSSR count). The number of carbonyl (C=O) groups excluding carboxylic acids is 1. The van der Waals surface area contributed by atoms with Gasteiger partial charge in [-0.3, -0.25) is 4.79 Å². The van der Waals surface area contributed by atoms with Gasteiger partial charge in [0.25, 0.3) is 0 Å². The topological polar surface area (TPSA) is 66.4 Å². The van der Waals surface area contributed by atoms with E-state index in [9.17, 15) is 9.59 Å². The van der Waals surface area contributed by atoms with Crippen LogP contribution in [0.1, 0.15) is 33.1 Å². The SMILES string of the molecule is C/C=C(\NC(=O)CCCC)C(=O)O. The molecule has 0 saturated heterocycles. The van der Waals surface area contributed by atoms with Gasteiger partial charge in [0.2, 0.25) is 5.91 Å². The summed E-state index contributed by atoms with van der Waals surface area (Å²) in [6.07, 6.45) is 3.45. The number of carbonyl (C=O) groups is 2. The van der Waals surface area contributed by atoms with Gasteiger partial charge in [0.05, 0.1) is 0 Å². The van der Waals surface area contributed by atoms with Crippen LogP contribution >= 0.6 is 0 Å². The van der Waals surface area contributed by atoms with Crippen LogP contribution in [-0.2, 0) is 9.59 Å². The number of carboxylic acids is 1. The van der Waals surface area contributed by atoms with Crippen LogP contribution in [0.3, 0.4) is 0 Å². The maximum absolute atomic E-state index is 11.1. The lowest BCUT2D eigenvalue weighted by Crippen LogP contribution is -2.26. The molecule has 0 aromatic rings. The van der Waals surface area contributed by atoms with Crippen LogP contribution < -0.4 is 5.32 Å². The summed E-state index contributed by atoms with van der Waals surface area (Å²) in [6, 6.07) is 0. The predicted octanol–water partition coefficient (Wildman–Crippen LogP) is 1.28. The van der Waals surface area contributed by atoms with Crippen molar-refractivity contribution < 1.29 is 14.7 Å². The number of nitrogens with one attached hydrogen (secondary N) is 1. The molecule has 0 heterocycles. The third-order valence-electron chi connectivity index (χ3n) is 1.55. The van der Waals surface area contributed by atoms with Gasteiger partial charge in [-0.25, -0.2) is 4.79 Å². The maximum Gasteiger partial charge on any atom is 0.352 e. The van der Waals surface area contributed by atoms with E-state index in [0.29, 0.717) is 6.42 Å². The summed E-state index contributed by atoms with van der Waals surface area (Å²) in [4.78, 5) is 21.5. The van der Waals surface area contributed by atoms with Crippen molar-refractivity contribution in [3.05, 3.63) is 11.8 Å². The number of unbranched alkanes of at least 4 members (excludes halogenated alkanes) is 1. The standard InChI is InChI=1S/C9H15NO3/c1-3-5-6-8(11)10-7(4-2)9(12)13/h4H,3,5-6H2,1-2H3,(H,10,11)(H,12,13)/b7-4-. The monoisotopic (exact) mass is 185 g/mol. The minimum Gasteiger partial charge on any atom is -0.477 e. The third-order valence-corrected chi connectivity index (χ3v) is 1.55. The van der Waals surface area contributed by atoms with Crippen molar-refractivity contribution in [3.8, 4) is 0 Å². The average Bonchev–Trinajstić information content (AvgIpc) is 2.10. The number of allylic oxidation sites excluding steroid dienone is 1. The van der Waals surface area contributed by atoms with Gasteiger partial charge in [-0.05, 0) is 13.3 Å². The molecule has 0 aliphatic heterocycles. The van der Waals surface area contributed by atoms with Gasteiger partial charge >= 0.3 is 5.97 Å². The number of amides is 1. The lowest BCUT2D eigenvalue weighted by atomic mass is 10.2. The quantitative estimate of drug-likeness (QED) is 0.634. The molecule has 0 unspecified atom stereocenters. The fraction of sp³-hybridized carbons (Fsp3) is 0.556. The Balaban J connectivity index is 3.96. The molecule has 13 heavy (non-hydrogen) atoms. The van der Waals surface area contributed by atoms with Crippen molar-refractivity contribution in [1.82, 2.24) is 5.32 Å². The van der Waals surface area contributed by atoms with E-state index in [4.69, 9.17) is 5.11 Å². The molecule has 4 heteroatoms. The van der Waals surface area contributed by atoms with E-state index in [-0.39, 0.29) is 11.6 Å². The molecule has 0 aliphatic rings. The van der Waals surface area contributed by atoms with Crippen LogP contribution in [0.2, 0.25) is 0 Å². The zero-order valence-corrected chi connectivity index (χ0v) is 7.96. The second-order valence-corrected chi connectivity index (χ2v) is 2.66. The first kappa shape index (κ1) is 11.7. The molecule has 1 amide bonds. The highest BCUT2D eigenvalue weighted by atomic mass is 16.4. The molecule has 0 aromatic carbocycles. The van der Waals surface area contributed by atoms with Gasteiger partial charge in [0.15, 0.2) is 0 Å². The van der Waals surface area contributed by atoms with Crippen LogP contribution in [-0.4, -0.2) is 17.0 Å². The first-order valence-electron chi connectivity index (χ1n) is 4.31. The van der Waals surface area contributed by atoms with Gasteiger partial charge < -0.3 is 10.4 Å². The number of rotatable bonds is 5. The summed E-state index contributed by atoms with van der Waals surface area (Å²) >= 11 is 0. The van der Waals surface area contributed by atoms with Crippen molar-refractivity contribution >= 4 is 11.9 Å². The molecule has 0 fully saturated rings. The van der Waals surface area contributed by atoms with Crippen LogP contribution in [0.15, 0.2) is 11.8 Å². The zero-order chi connectivity index (χ0) is 10.3. The Morgan fingerprint density at radius 3 is 2.46 bits per heavy atom. The number of carboxylic acid groups (broad SMARTS) is 1. The summed E-state index contributed by atoms with van der Waals surface area (Å²) in [5.41, 5.74) is -0.0545. The van der Waals surface area contributed by atoms with Crippen molar-refractivity contribution in [3.63, 3.8) is 0 Å². The highest BCUT2D eigenvalue weighted by molar-refractivity contribution is 5.92. The van der Waals surface area contributed by atoms with E-state index >= 15 is 0 Å². The lowest BCUT2D eigenvalue weighted by molar-refractivity contribution is -0.134. The number of hydrogen-bond acceptors (Lipinski definition) is 2. The Hall–Kier alpha value is -1.32. The largest absolute Gasteiger partial charge is 0.477 e. The molecule has 0 spiro atoms. The molecule has 2 N–H and O–H groups in total. The van der Waals surface area contributed by atoms with Gasteiger partial charge in [0.1, 0.15) is 5.70 Å². The highest BCUT2D eigenvalue weighted by Crippen LogP contribution is 1.96. The predicted molar refractivity (Wildman–Crippen MR) is 49.1 cm³/mol. The molecule has 0 aromatic heterocycles. The van der Waals surface area contributed by atoms with E-state index in [1.54, 1.807) is 6.92 Å².